The molecule has 0 saturated heterocycles. The lowest BCUT2D eigenvalue weighted by molar-refractivity contribution is -0.122. The molecular weight excluding hydrogens is 232 g/mol. The van der Waals surface area contributed by atoms with Crippen LogP contribution in [0.5, 0.6) is 0 Å². The Morgan fingerprint density at radius 3 is 2.44 bits per heavy atom. The second kappa shape index (κ2) is 9.85. The van der Waals surface area contributed by atoms with Crippen LogP contribution in [0.25, 0.3) is 0 Å². The Morgan fingerprint density at radius 1 is 1.22 bits per heavy atom. The number of carbonyl (C=O) groups excluding carboxylic acids is 2. The van der Waals surface area contributed by atoms with E-state index in [1.165, 1.54) is 0 Å². The molecule has 0 radical (unpaired) electrons. The molecule has 0 atom stereocenters. The molecule has 0 heterocycles. The van der Waals surface area contributed by atoms with Crippen LogP contribution in [0.2, 0.25) is 0 Å². The Labute approximate surface area is 109 Å². The van der Waals surface area contributed by atoms with Crippen LogP contribution in [-0.4, -0.2) is 43.4 Å². The number of nitrogens with zero attached hydrogens (tertiary/aromatic N) is 1. The average Bonchev–Trinajstić information content (AvgIpc) is 2.31. The van der Waals surface area contributed by atoms with E-state index >= 15 is 0 Å². The molecule has 0 bridgehead atoms. The SMILES string of the molecule is CC(C)CNC(=O)CN(C)CCCCC(=O)NN. The van der Waals surface area contributed by atoms with E-state index in [2.05, 4.69) is 24.6 Å². The van der Waals surface area contributed by atoms with Crippen LogP contribution in [0.15, 0.2) is 0 Å². The average molecular weight is 258 g/mol. The summed E-state index contributed by atoms with van der Waals surface area (Å²) in [4.78, 5) is 24.3. The van der Waals surface area contributed by atoms with Crippen LogP contribution in [0.3, 0.4) is 0 Å². The molecule has 2 amide bonds. The third kappa shape index (κ3) is 10.0. The normalized spacial score (nSPS) is 10.8. The molecule has 0 aliphatic rings. The minimum Gasteiger partial charge on any atom is -0.355 e. The summed E-state index contributed by atoms with van der Waals surface area (Å²) in [5, 5.41) is 2.87. The summed E-state index contributed by atoms with van der Waals surface area (Å²) >= 11 is 0. The van der Waals surface area contributed by atoms with Gasteiger partial charge in [-0.05, 0) is 32.4 Å². The lowest BCUT2D eigenvalue weighted by Gasteiger charge is -2.16. The first-order valence-corrected chi connectivity index (χ1v) is 6.40. The number of unbranched alkanes of at least 4 members (excludes halogenated alkanes) is 1. The van der Waals surface area contributed by atoms with Gasteiger partial charge in [-0.3, -0.25) is 19.9 Å². The minimum absolute atomic E-state index is 0.0471. The molecule has 0 aromatic heterocycles. The molecule has 0 fully saturated rings. The summed E-state index contributed by atoms with van der Waals surface area (Å²) in [7, 11) is 1.90. The van der Waals surface area contributed by atoms with Crippen molar-refractivity contribution in [3.05, 3.63) is 0 Å². The predicted octanol–water partition coefficient (Wildman–Crippen LogP) is -0.149. The molecular formula is C12H26N4O2. The Morgan fingerprint density at radius 2 is 1.89 bits per heavy atom. The van der Waals surface area contributed by atoms with Crippen LogP contribution in [0.4, 0.5) is 0 Å². The van der Waals surface area contributed by atoms with Crippen molar-refractivity contribution in [2.75, 3.05) is 26.7 Å². The zero-order chi connectivity index (χ0) is 14.0. The molecule has 0 aromatic rings. The van der Waals surface area contributed by atoms with Crippen LogP contribution < -0.4 is 16.6 Å². The van der Waals surface area contributed by atoms with Gasteiger partial charge in [0.2, 0.25) is 11.8 Å². The maximum Gasteiger partial charge on any atom is 0.234 e. The summed E-state index contributed by atoms with van der Waals surface area (Å²) in [5.74, 6) is 5.34. The third-order valence-corrected chi connectivity index (χ3v) is 2.48. The zero-order valence-electron chi connectivity index (χ0n) is 11.7. The van der Waals surface area contributed by atoms with E-state index < -0.39 is 0 Å². The van der Waals surface area contributed by atoms with E-state index in [9.17, 15) is 9.59 Å². The highest BCUT2D eigenvalue weighted by Crippen LogP contribution is 1.97. The van der Waals surface area contributed by atoms with E-state index in [0.29, 0.717) is 25.4 Å². The molecule has 106 valence electrons. The number of likely N-dealkylation sites (N-methyl/N-ethyl adjacent to an activating group) is 1. The van der Waals surface area contributed by atoms with Gasteiger partial charge in [0.05, 0.1) is 6.54 Å². The predicted molar refractivity (Wildman–Crippen MR) is 71.5 cm³/mol. The van der Waals surface area contributed by atoms with Gasteiger partial charge in [-0.1, -0.05) is 13.8 Å². The van der Waals surface area contributed by atoms with Gasteiger partial charge in [0, 0.05) is 13.0 Å². The molecule has 6 nitrogen and oxygen atoms in total. The van der Waals surface area contributed by atoms with Gasteiger partial charge >= 0.3 is 0 Å². The van der Waals surface area contributed by atoms with Crippen LogP contribution in [0, 0.1) is 5.92 Å². The molecule has 6 heteroatoms. The van der Waals surface area contributed by atoms with Crippen LogP contribution in [-0.2, 0) is 9.59 Å². The van der Waals surface area contributed by atoms with Crippen molar-refractivity contribution in [3.63, 3.8) is 0 Å². The highest BCUT2D eigenvalue weighted by Gasteiger charge is 2.06. The topological polar surface area (TPSA) is 87.5 Å². The Bertz CT molecular complexity index is 256. The van der Waals surface area contributed by atoms with Gasteiger partial charge in [0.15, 0.2) is 0 Å². The van der Waals surface area contributed by atoms with Crippen molar-refractivity contribution in [2.45, 2.75) is 33.1 Å². The summed E-state index contributed by atoms with van der Waals surface area (Å²) in [5.41, 5.74) is 2.10. The van der Waals surface area contributed by atoms with E-state index in [1.807, 2.05) is 11.9 Å². The second-order valence-corrected chi connectivity index (χ2v) is 4.96. The summed E-state index contributed by atoms with van der Waals surface area (Å²) in [6, 6.07) is 0. The standard InChI is InChI=1S/C12H26N4O2/c1-10(2)8-14-12(18)9-16(3)7-5-4-6-11(17)15-13/h10H,4-9,13H2,1-3H3,(H,14,18)(H,15,17). The lowest BCUT2D eigenvalue weighted by atomic mass is 10.2. The van der Waals surface area contributed by atoms with Gasteiger partial charge in [-0.15, -0.1) is 0 Å². The van der Waals surface area contributed by atoms with Gasteiger partial charge in [-0.2, -0.15) is 0 Å². The fraction of sp³-hybridized carbons (Fsp3) is 0.833. The largest absolute Gasteiger partial charge is 0.355 e. The van der Waals surface area contributed by atoms with Crippen molar-refractivity contribution in [1.29, 1.82) is 0 Å². The van der Waals surface area contributed by atoms with Gasteiger partial charge in [-0.25, -0.2) is 5.84 Å². The quantitative estimate of drug-likeness (QED) is 0.232. The van der Waals surface area contributed by atoms with E-state index in [-0.39, 0.29) is 11.8 Å². The molecule has 4 N–H and O–H groups in total. The second-order valence-electron chi connectivity index (χ2n) is 4.96. The Hall–Kier alpha value is -1.14. The molecule has 0 aromatic carbocycles. The fourth-order valence-electron chi connectivity index (χ4n) is 1.44. The monoisotopic (exact) mass is 258 g/mol. The van der Waals surface area contributed by atoms with E-state index in [0.717, 1.165) is 19.4 Å². The number of nitrogens with two attached hydrogens (primary N) is 1. The van der Waals surface area contributed by atoms with E-state index in [4.69, 9.17) is 5.84 Å². The minimum atomic E-state index is -0.146. The molecule has 0 aliphatic heterocycles. The van der Waals surface area contributed by atoms with Gasteiger partial charge in [0.25, 0.3) is 0 Å². The highest BCUT2D eigenvalue weighted by molar-refractivity contribution is 5.78. The van der Waals surface area contributed by atoms with Crippen molar-refractivity contribution in [2.24, 2.45) is 11.8 Å². The first kappa shape index (κ1) is 16.9. The van der Waals surface area contributed by atoms with Gasteiger partial charge in [0.1, 0.15) is 0 Å². The van der Waals surface area contributed by atoms with Crippen molar-refractivity contribution < 1.29 is 9.59 Å². The summed E-state index contributed by atoms with van der Waals surface area (Å²) in [6.45, 7) is 6.03. The molecule has 0 unspecified atom stereocenters. The first-order chi connectivity index (χ1) is 8.45. The van der Waals surface area contributed by atoms with Crippen molar-refractivity contribution in [3.8, 4) is 0 Å². The number of hydrazine groups is 1. The number of amides is 2. The van der Waals surface area contributed by atoms with Crippen LogP contribution in [0.1, 0.15) is 33.1 Å². The van der Waals surface area contributed by atoms with E-state index in [1.54, 1.807) is 0 Å². The Balaban J connectivity index is 3.55. The molecule has 0 saturated carbocycles. The van der Waals surface area contributed by atoms with Crippen molar-refractivity contribution >= 4 is 11.8 Å². The first-order valence-electron chi connectivity index (χ1n) is 6.40. The van der Waals surface area contributed by atoms with Crippen LogP contribution >= 0.6 is 0 Å². The fourth-order valence-corrected chi connectivity index (χ4v) is 1.44. The summed E-state index contributed by atoms with van der Waals surface area (Å²) < 4.78 is 0. The third-order valence-electron chi connectivity index (χ3n) is 2.48. The zero-order valence-corrected chi connectivity index (χ0v) is 11.7. The smallest absolute Gasteiger partial charge is 0.234 e. The highest BCUT2D eigenvalue weighted by atomic mass is 16.2. The number of hydrogen-bond acceptors (Lipinski definition) is 4. The maximum absolute atomic E-state index is 11.5. The summed E-state index contributed by atoms with van der Waals surface area (Å²) in [6.07, 6.45) is 2.09. The lowest BCUT2D eigenvalue weighted by Crippen LogP contribution is -2.37. The maximum atomic E-state index is 11.5. The van der Waals surface area contributed by atoms with Crippen molar-refractivity contribution in [1.82, 2.24) is 15.6 Å². The molecule has 18 heavy (non-hydrogen) atoms. The number of hydrogen-bond donors (Lipinski definition) is 3. The number of nitrogens with one attached hydrogen (secondary N) is 2. The van der Waals surface area contributed by atoms with Gasteiger partial charge < -0.3 is 5.32 Å². The number of rotatable bonds is 9. The molecule has 0 spiro atoms. The Kier molecular flexibility index (Phi) is 9.22. The number of carbonyl (C=O) groups is 2. The molecule has 0 rings (SSSR count). The molecule has 0 aliphatic carbocycles.